The Bertz CT molecular complexity index is 786. The number of ether oxygens (including phenoxy) is 2. The van der Waals surface area contributed by atoms with Crippen LogP contribution in [0.2, 0.25) is 0 Å². The van der Waals surface area contributed by atoms with Gasteiger partial charge in [-0.1, -0.05) is 29.8 Å². The zero-order valence-electron chi connectivity index (χ0n) is 14.3. The lowest BCUT2D eigenvalue weighted by Crippen LogP contribution is -2.32. The molecule has 25 heavy (non-hydrogen) atoms. The van der Waals surface area contributed by atoms with Gasteiger partial charge in [0.2, 0.25) is 5.91 Å². The van der Waals surface area contributed by atoms with Crippen molar-refractivity contribution in [2.45, 2.75) is 6.92 Å². The topological polar surface area (TPSA) is 59.6 Å². The Morgan fingerprint density at radius 3 is 2.44 bits per heavy atom. The van der Waals surface area contributed by atoms with Crippen molar-refractivity contribution in [2.24, 2.45) is 0 Å². The molecule has 0 saturated heterocycles. The molecule has 2 aromatic rings. The lowest BCUT2D eigenvalue weighted by molar-refractivity contribution is -0.115. The van der Waals surface area contributed by atoms with Gasteiger partial charge in [-0.05, 0) is 42.9 Å². The van der Waals surface area contributed by atoms with Gasteiger partial charge in [0.15, 0.2) is 5.11 Å². The largest absolute Gasteiger partial charge is 0.497 e. The van der Waals surface area contributed by atoms with E-state index in [1.807, 2.05) is 31.2 Å². The number of aryl methyl sites for hydroxylation is 1. The summed E-state index contributed by atoms with van der Waals surface area (Å²) in [7, 11) is 3.13. The van der Waals surface area contributed by atoms with Crippen molar-refractivity contribution >= 4 is 35.0 Å². The van der Waals surface area contributed by atoms with Gasteiger partial charge in [-0.15, -0.1) is 0 Å². The number of hydrogen-bond acceptors (Lipinski definition) is 4. The zero-order valence-corrected chi connectivity index (χ0v) is 15.1. The van der Waals surface area contributed by atoms with Crippen LogP contribution in [0.5, 0.6) is 11.5 Å². The predicted molar refractivity (Wildman–Crippen MR) is 104 cm³/mol. The fraction of sp³-hybridized carbons (Fsp3) is 0.158. The Labute approximate surface area is 152 Å². The van der Waals surface area contributed by atoms with Crippen molar-refractivity contribution in [3.05, 3.63) is 59.7 Å². The second-order valence-corrected chi connectivity index (χ2v) is 5.66. The molecule has 2 aromatic carbocycles. The molecule has 2 rings (SSSR count). The first-order valence-corrected chi connectivity index (χ1v) is 8.01. The van der Waals surface area contributed by atoms with Gasteiger partial charge in [0, 0.05) is 12.1 Å². The number of carbonyl (C=O) groups is 1. The molecule has 0 aliphatic rings. The van der Waals surface area contributed by atoms with Crippen LogP contribution in [-0.2, 0) is 4.79 Å². The number of carbonyl (C=O) groups excluding carboxylic acids is 1. The van der Waals surface area contributed by atoms with Crippen molar-refractivity contribution in [1.82, 2.24) is 5.32 Å². The SMILES string of the molecule is COc1ccc(OC)c(NC(=S)NC(=O)C=Cc2ccc(C)cc2)c1. The predicted octanol–water partition coefficient (Wildman–Crippen LogP) is 3.54. The first-order chi connectivity index (χ1) is 12.0. The van der Waals surface area contributed by atoms with E-state index in [0.717, 1.165) is 5.56 Å². The van der Waals surface area contributed by atoms with Crippen molar-refractivity contribution < 1.29 is 14.3 Å². The van der Waals surface area contributed by atoms with Crippen LogP contribution in [0.25, 0.3) is 6.08 Å². The molecule has 0 aliphatic heterocycles. The van der Waals surface area contributed by atoms with Crippen LogP contribution in [0.4, 0.5) is 5.69 Å². The molecular weight excluding hydrogens is 336 g/mol. The molecule has 130 valence electrons. The monoisotopic (exact) mass is 356 g/mol. The minimum atomic E-state index is -0.320. The highest BCUT2D eigenvalue weighted by molar-refractivity contribution is 7.80. The van der Waals surface area contributed by atoms with Crippen LogP contribution in [-0.4, -0.2) is 25.2 Å². The number of benzene rings is 2. The summed E-state index contributed by atoms with van der Waals surface area (Å²) >= 11 is 5.17. The van der Waals surface area contributed by atoms with Crippen LogP contribution in [0.3, 0.4) is 0 Å². The average Bonchev–Trinajstić information content (AvgIpc) is 2.61. The van der Waals surface area contributed by atoms with Crippen LogP contribution in [0.15, 0.2) is 48.5 Å². The van der Waals surface area contributed by atoms with Gasteiger partial charge in [0.05, 0.1) is 19.9 Å². The van der Waals surface area contributed by atoms with E-state index < -0.39 is 0 Å². The summed E-state index contributed by atoms with van der Waals surface area (Å²) in [5.74, 6) is 0.921. The number of amides is 1. The number of methoxy groups -OCH3 is 2. The van der Waals surface area contributed by atoms with E-state index in [1.54, 1.807) is 38.5 Å². The summed E-state index contributed by atoms with van der Waals surface area (Å²) in [4.78, 5) is 12.0. The first kappa shape index (κ1) is 18.5. The molecule has 0 fully saturated rings. The molecule has 0 aromatic heterocycles. The van der Waals surface area contributed by atoms with E-state index in [4.69, 9.17) is 21.7 Å². The van der Waals surface area contributed by atoms with Crippen molar-refractivity contribution in [1.29, 1.82) is 0 Å². The summed E-state index contributed by atoms with van der Waals surface area (Å²) in [5.41, 5.74) is 2.71. The Morgan fingerprint density at radius 1 is 1.08 bits per heavy atom. The Hall–Kier alpha value is -2.86. The van der Waals surface area contributed by atoms with Crippen LogP contribution in [0, 0.1) is 6.92 Å². The minimum absolute atomic E-state index is 0.171. The third-order valence-corrected chi connectivity index (χ3v) is 3.60. The molecule has 0 heterocycles. The van der Waals surface area contributed by atoms with Gasteiger partial charge < -0.3 is 14.8 Å². The standard InChI is InChI=1S/C19H20N2O3S/c1-13-4-6-14(7-5-13)8-11-18(22)21-19(25)20-16-12-15(23-2)9-10-17(16)24-3/h4-12H,1-3H3,(H2,20,21,22,25). The van der Waals surface area contributed by atoms with E-state index in [2.05, 4.69) is 10.6 Å². The van der Waals surface area contributed by atoms with Gasteiger partial charge in [0.1, 0.15) is 11.5 Å². The van der Waals surface area contributed by atoms with E-state index in [-0.39, 0.29) is 11.0 Å². The third-order valence-electron chi connectivity index (χ3n) is 3.40. The highest BCUT2D eigenvalue weighted by Gasteiger charge is 2.08. The molecule has 0 unspecified atom stereocenters. The summed E-state index contributed by atoms with van der Waals surface area (Å²) in [6.45, 7) is 2.01. The number of anilines is 1. The maximum atomic E-state index is 12.0. The molecule has 0 atom stereocenters. The highest BCUT2D eigenvalue weighted by Crippen LogP contribution is 2.28. The maximum absolute atomic E-state index is 12.0. The maximum Gasteiger partial charge on any atom is 0.250 e. The number of hydrogen-bond donors (Lipinski definition) is 2. The summed E-state index contributed by atoms with van der Waals surface area (Å²) in [6, 6.07) is 13.1. The fourth-order valence-electron chi connectivity index (χ4n) is 2.07. The van der Waals surface area contributed by atoms with Gasteiger partial charge >= 0.3 is 0 Å². The second-order valence-electron chi connectivity index (χ2n) is 5.25. The molecule has 1 amide bonds. The molecule has 0 spiro atoms. The summed E-state index contributed by atoms with van der Waals surface area (Å²) < 4.78 is 10.4. The Balaban J connectivity index is 1.97. The van der Waals surface area contributed by atoms with E-state index in [0.29, 0.717) is 17.2 Å². The van der Waals surface area contributed by atoms with Gasteiger partial charge in [-0.25, -0.2) is 0 Å². The lowest BCUT2D eigenvalue weighted by atomic mass is 10.1. The molecular formula is C19H20N2O3S. The summed E-state index contributed by atoms with van der Waals surface area (Å²) in [6.07, 6.45) is 3.16. The van der Waals surface area contributed by atoms with Gasteiger partial charge in [-0.3, -0.25) is 10.1 Å². The molecule has 2 N–H and O–H groups in total. The van der Waals surface area contributed by atoms with Crippen molar-refractivity contribution in [2.75, 3.05) is 19.5 Å². The molecule has 0 radical (unpaired) electrons. The summed E-state index contributed by atoms with van der Waals surface area (Å²) in [5, 5.41) is 5.70. The Morgan fingerprint density at radius 2 is 1.80 bits per heavy atom. The van der Waals surface area contributed by atoms with Gasteiger partial charge in [-0.2, -0.15) is 0 Å². The van der Waals surface area contributed by atoms with E-state index in [9.17, 15) is 4.79 Å². The highest BCUT2D eigenvalue weighted by atomic mass is 32.1. The average molecular weight is 356 g/mol. The van der Waals surface area contributed by atoms with Crippen LogP contribution >= 0.6 is 12.2 Å². The third kappa shape index (κ3) is 5.61. The van der Waals surface area contributed by atoms with Crippen molar-refractivity contribution in [3.63, 3.8) is 0 Å². The second kappa shape index (κ2) is 8.84. The normalized spacial score (nSPS) is 10.4. The van der Waals surface area contributed by atoms with Crippen molar-refractivity contribution in [3.8, 4) is 11.5 Å². The molecule has 0 saturated carbocycles. The zero-order chi connectivity index (χ0) is 18.2. The first-order valence-electron chi connectivity index (χ1n) is 7.60. The number of rotatable bonds is 5. The molecule has 0 aliphatic carbocycles. The van der Waals surface area contributed by atoms with Crippen LogP contribution in [0.1, 0.15) is 11.1 Å². The van der Waals surface area contributed by atoms with Crippen LogP contribution < -0.4 is 20.1 Å². The molecule has 6 heteroatoms. The quantitative estimate of drug-likeness (QED) is 0.634. The Kier molecular flexibility index (Phi) is 6.54. The molecule has 5 nitrogen and oxygen atoms in total. The van der Waals surface area contributed by atoms with E-state index in [1.165, 1.54) is 11.6 Å². The minimum Gasteiger partial charge on any atom is -0.497 e. The molecule has 0 bridgehead atoms. The van der Waals surface area contributed by atoms with E-state index >= 15 is 0 Å². The number of nitrogens with one attached hydrogen (secondary N) is 2. The smallest absolute Gasteiger partial charge is 0.250 e. The fourth-order valence-corrected chi connectivity index (χ4v) is 2.28. The number of thiocarbonyl (C=S) groups is 1. The lowest BCUT2D eigenvalue weighted by Gasteiger charge is -2.13. The van der Waals surface area contributed by atoms with Gasteiger partial charge in [0.25, 0.3) is 0 Å².